The van der Waals surface area contributed by atoms with E-state index in [0.717, 1.165) is 42.6 Å². The normalized spacial score (nSPS) is 13.8. The van der Waals surface area contributed by atoms with Gasteiger partial charge in [0.1, 0.15) is 16.7 Å². The van der Waals surface area contributed by atoms with Gasteiger partial charge >= 0.3 is 11.9 Å². The second-order valence-corrected chi connectivity index (χ2v) is 18.0. The van der Waals surface area contributed by atoms with Crippen LogP contribution in [0.1, 0.15) is 127 Å². The van der Waals surface area contributed by atoms with Gasteiger partial charge in [-0.15, -0.1) is 11.3 Å². The van der Waals surface area contributed by atoms with Gasteiger partial charge in [-0.1, -0.05) is 72.4 Å². The molecule has 0 saturated heterocycles. The summed E-state index contributed by atoms with van der Waals surface area (Å²) in [5.74, 6) is -2.66. The number of anilines is 1. The topological polar surface area (TPSA) is 241 Å². The number of nitrogens with zero attached hydrogens (tertiary/aromatic N) is 2. The molecule has 5 atom stereocenters. The van der Waals surface area contributed by atoms with E-state index in [-0.39, 0.29) is 48.7 Å². The van der Waals surface area contributed by atoms with Gasteiger partial charge in [0.05, 0.1) is 38.4 Å². The molecular formula is C46H75N7O10S. The molecule has 7 N–H and O–H groups in total. The molecule has 0 aliphatic carbocycles. The first-order valence-corrected chi connectivity index (χ1v) is 23.5. The molecule has 1 heterocycles. The number of hydrogen-bond donors (Lipinski definition) is 6. The van der Waals surface area contributed by atoms with E-state index in [1.54, 1.807) is 19.2 Å². The van der Waals surface area contributed by atoms with Crippen molar-refractivity contribution < 1.29 is 48.1 Å². The van der Waals surface area contributed by atoms with Gasteiger partial charge in [-0.3, -0.25) is 28.8 Å². The van der Waals surface area contributed by atoms with Crippen molar-refractivity contribution >= 4 is 53.1 Å². The standard InChI is InChI=1S/C46H75N7O10S/c1-9-11-12-13-20-53(44(58)41(50-30-54)32(5)10-2)38(31(3)4)26-39(63-33(6)55)43-52-37(29-64-43)42(57)51-36(27-46(7,8)45(59)60)25-34-14-16-35(17-15-34)49-28-40(56)48-19-22-62-24-23-61-21-18-47/h14-17,29-32,36,38-39,41,49H,9-13,18-28,47H2,1-8H3,(H,48,56)(H,50,54)(H,51,57)(H,59,60)/t32-,36-,38+,39+,41-/m0/s1. The number of nitrogens with one attached hydrogen (secondary N) is 4. The van der Waals surface area contributed by atoms with Gasteiger partial charge < -0.3 is 51.2 Å². The second-order valence-electron chi connectivity index (χ2n) is 17.1. The number of hydrogen-bond acceptors (Lipinski definition) is 13. The number of unbranched alkanes of at least 4 members (excludes halogenated alkanes) is 3. The van der Waals surface area contributed by atoms with Crippen LogP contribution in [0.15, 0.2) is 29.6 Å². The fourth-order valence-corrected chi connectivity index (χ4v) is 7.97. The maximum Gasteiger partial charge on any atom is 0.309 e. The minimum Gasteiger partial charge on any atom is -0.481 e. The maximum absolute atomic E-state index is 14.3. The highest BCUT2D eigenvalue weighted by atomic mass is 32.1. The Labute approximate surface area is 383 Å². The van der Waals surface area contributed by atoms with Crippen LogP contribution in [0, 0.1) is 17.3 Å². The van der Waals surface area contributed by atoms with E-state index in [0.29, 0.717) is 76.0 Å². The predicted octanol–water partition coefficient (Wildman–Crippen LogP) is 5.09. The zero-order valence-electron chi connectivity index (χ0n) is 39.2. The van der Waals surface area contributed by atoms with E-state index in [2.05, 4.69) is 33.2 Å². The number of rotatable bonds is 34. The fourth-order valence-electron chi connectivity index (χ4n) is 7.13. The first-order chi connectivity index (χ1) is 30.5. The number of thiazole rings is 1. The Morgan fingerprint density at radius 1 is 0.984 bits per heavy atom. The van der Waals surface area contributed by atoms with E-state index in [1.807, 2.05) is 56.9 Å². The van der Waals surface area contributed by atoms with Crippen LogP contribution in [0.4, 0.5) is 5.69 Å². The van der Waals surface area contributed by atoms with Crippen LogP contribution in [0.2, 0.25) is 0 Å². The van der Waals surface area contributed by atoms with Crippen molar-refractivity contribution in [3.05, 3.63) is 45.9 Å². The predicted molar refractivity (Wildman–Crippen MR) is 248 cm³/mol. The zero-order chi connectivity index (χ0) is 47.7. The molecule has 4 amide bonds. The van der Waals surface area contributed by atoms with Gasteiger partial charge in [0, 0.05) is 56.1 Å². The molecule has 360 valence electrons. The number of carboxylic acid groups (broad SMARTS) is 1. The van der Waals surface area contributed by atoms with E-state index in [9.17, 15) is 33.9 Å². The van der Waals surface area contributed by atoms with Crippen LogP contribution in [-0.2, 0) is 44.6 Å². The average molecular weight is 918 g/mol. The smallest absolute Gasteiger partial charge is 0.309 e. The number of ether oxygens (including phenoxy) is 3. The third-order valence-corrected chi connectivity index (χ3v) is 11.9. The molecule has 0 unspecified atom stereocenters. The first-order valence-electron chi connectivity index (χ1n) is 22.6. The van der Waals surface area contributed by atoms with Gasteiger partial charge in [0.25, 0.3) is 5.91 Å². The number of nitrogens with two attached hydrogens (primary N) is 1. The molecule has 17 nitrogen and oxygen atoms in total. The largest absolute Gasteiger partial charge is 0.481 e. The second kappa shape index (κ2) is 29.7. The lowest BCUT2D eigenvalue weighted by atomic mass is 9.84. The SMILES string of the molecule is CCCCCCN(C(=O)[C@@H](NC=O)[C@@H](C)CC)[C@H](C[C@@H](OC(C)=O)c1nc(C(=O)N[C@@H](Cc2ccc(NCC(=O)NCCOCCOCCN)cc2)CC(C)(C)C(=O)O)cs1)C(C)C. The van der Waals surface area contributed by atoms with Crippen molar-refractivity contribution in [3.8, 4) is 0 Å². The molecule has 1 aromatic carbocycles. The number of benzene rings is 1. The minimum absolute atomic E-state index is 0.0452. The van der Waals surface area contributed by atoms with Gasteiger partial charge in [-0.2, -0.15) is 0 Å². The van der Waals surface area contributed by atoms with Crippen molar-refractivity contribution in [1.82, 2.24) is 25.8 Å². The number of aromatic nitrogens is 1. The third-order valence-electron chi connectivity index (χ3n) is 11.0. The van der Waals surface area contributed by atoms with Crippen molar-refractivity contribution in [3.63, 3.8) is 0 Å². The Hall–Kier alpha value is -4.65. The summed E-state index contributed by atoms with van der Waals surface area (Å²) in [5.41, 5.74) is 5.82. The van der Waals surface area contributed by atoms with Crippen LogP contribution in [0.25, 0.3) is 0 Å². The van der Waals surface area contributed by atoms with E-state index >= 15 is 0 Å². The van der Waals surface area contributed by atoms with Crippen LogP contribution in [0.5, 0.6) is 0 Å². The molecule has 2 aromatic rings. The van der Waals surface area contributed by atoms with Crippen molar-refractivity contribution in [2.24, 2.45) is 23.0 Å². The van der Waals surface area contributed by atoms with Gasteiger partial charge in [0.15, 0.2) is 6.10 Å². The Morgan fingerprint density at radius 2 is 1.67 bits per heavy atom. The number of esters is 1. The summed E-state index contributed by atoms with van der Waals surface area (Å²) in [6.45, 7) is 17.5. The Balaban J connectivity index is 2.26. The summed E-state index contributed by atoms with van der Waals surface area (Å²) in [5, 5.41) is 23.6. The van der Waals surface area contributed by atoms with E-state index < -0.39 is 47.5 Å². The van der Waals surface area contributed by atoms with Crippen LogP contribution in [-0.4, -0.2) is 122 Å². The van der Waals surface area contributed by atoms with Crippen LogP contribution < -0.4 is 27.0 Å². The highest BCUT2D eigenvalue weighted by molar-refractivity contribution is 7.09. The number of carbonyl (C=O) groups excluding carboxylic acids is 5. The summed E-state index contributed by atoms with van der Waals surface area (Å²) in [7, 11) is 0. The molecule has 0 fully saturated rings. The fraction of sp³-hybridized carbons (Fsp3) is 0.674. The summed E-state index contributed by atoms with van der Waals surface area (Å²) in [6, 6.07) is 5.59. The lowest BCUT2D eigenvalue weighted by molar-refractivity contribution is -0.149. The maximum atomic E-state index is 14.3. The molecule has 18 heteroatoms. The van der Waals surface area contributed by atoms with Gasteiger partial charge in [-0.25, -0.2) is 4.98 Å². The summed E-state index contributed by atoms with van der Waals surface area (Å²) < 4.78 is 16.5. The zero-order valence-corrected chi connectivity index (χ0v) is 40.1. The average Bonchev–Trinajstić information content (AvgIpc) is 3.75. The Bertz CT molecular complexity index is 1720. The number of aliphatic carboxylic acids is 1. The first kappa shape index (κ1) is 55.5. The summed E-state index contributed by atoms with van der Waals surface area (Å²) in [4.78, 5) is 83.4. The molecule has 1 aromatic heterocycles. The number of carboxylic acids is 1. The summed E-state index contributed by atoms with van der Waals surface area (Å²) in [6.07, 6.45) is 4.73. The third kappa shape index (κ3) is 20.0. The molecule has 0 bridgehead atoms. The lowest BCUT2D eigenvalue weighted by Crippen LogP contribution is -2.54. The highest BCUT2D eigenvalue weighted by Crippen LogP contribution is 2.32. The molecule has 0 aliphatic rings. The van der Waals surface area contributed by atoms with Crippen molar-refractivity contribution in [2.45, 2.75) is 131 Å². The minimum atomic E-state index is -1.18. The monoisotopic (exact) mass is 918 g/mol. The van der Waals surface area contributed by atoms with Gasteiger partial charge in [-0.05, 0) is 62.6 Å². The van der Waals surface area contributed by atoms with E-state index in [4.69, 9.17) is 19.9 Å². The highest BCUT2D eigenvalue weighted by Gasteiger charge is 2.37. The van der Waals surface area contributed by atoms with E-state index in [1.165, 1.54) is 6.92 Å². The molecular weight excluding hydrogens is 843 g/mol. The number of amides is 4. The lowest BCUT2D eigenvalue weighted by Gasteiger charge is -2.39. The molecule has 0 aliphatic heterocycles. The Kier molecular flexibility index (Phi) is 25.8. The molecule has 64 heavy (non-hydrogen) atoms. The van der Waals surface area contributed by atoms with Gasteiger partial charge in [0.2, 0.25) is 18.2 Å². The number of carbonyl (C=O) groups is 6. The van der Waals surface area contributed by atoms with Crippen molar-refractivity contribution in [1.29, 1.82) is 0 Å². The molecule has 2 rings (SSSR count). The quantitative estimate of drug-likeness (QED) is 0.0305. The summed E-state index contributed by atoms with van der Waals surface area (Å²) >= 11 is 1.16. The van der Waals surface area contributed by atoms with Crippen LogP contribution in [0.3, 0.4) is 0 Å². The molecule has 0 spiro atoms. The molecule has 0 saturated carbocycles. The molecule has 0 radical (unpaired) electrons. The Morgan fingerprint density at radius 3 is 2.27 bits per heavy atom. The van der Waals surface area contributed by atoms with Crippen molar-refractivity contribution in [2.75, 3.05) is 57.9 Å². The van der Waals surface area contributed by atoms with Crippen LogP contribution >= 0.6 is 11.3 Å².